The third kappa shape index (κ3) is 1.22. The average molecular weight is 174 g/mol. The predicted octanol–water partition coefficient (Wildman–Crippen LogP) is 1.26. The Morgan fingerprint density at radius 1 is 1.46 bits per heavy atom. The highest BCUT2D eigenvalue weighted by molar-refractivity contribution is 5.37. The maximum Gasteiger partial charge on any atom is 0.260 e. The van der Waals surface area contributed by atoms with E-state index in [1.165, 1.54) is 0 Å². The molecule has 2 aromatic heterocycles. The first kappa shape index (κ1) is 7.98. The van der Waals surface area contributed by atoms with Gasteiger partial charge in [-0.1, -0.05) is 13.0 Å². The Morgan fingerprint density at radius 2 is 2.31 bits per heavy atom. The fourth-order valence-corrected chi connectivity index (χ4v) is 1.31. The molecule has 2 aromatic rings. The van der Waals surface area contributed by atoms with Crippen molar-refractivity contribution in [3.05, 3.63) is 46.5 Å². The maximum absolute atomic E-state index is 11.7. The van der Waals surface area contributed by atoms with Gasteiger partial charge in [0, 0.05) is 18.0 Å². The van der Waals surface area contributed by atoms with E-state index in [2.05, 4.69) is 4.98 Å². The summed E-state index contributed by atoms with van der Waals surface area (Å²) in [5.74, 6) is 0. The Morgan fingerprint density at radius 3 is 3.08 bits per heavy atom. The van der Waals surface area contributed by atoms with E-state index >= 15 is 0 Å². The van der Waals surface area contributed by atoms with Crippen molar-refractivity contribution >= 4 is 5.65 Å². The Hall–Kier alpha value is -1.64. The Kier molecular flexibility index (Phi) is 1.85. The van der Waals surface area contributed by atoms with E-state index in [1.54, 1.807) is 16.8 Å². The monoisotopic (exact) mass is 174 g/mol. The van der Waals surface area contributed by atoms with Crippen molar-refractivity contribution in [1.82, 2.24) is 9.38 Å². The first-order valence-electron chi connectivity index (χ1n) is 4.28. The summed E-state index contributed by atoms with van der Waals surface area (Å²) in [5.41, 5.74) is 1.49. The normalized spacial score (nSPS) is 10.5. The van der Waals surface area contributed by atoms with Crippen LogP contribution >= 0.6 is 0 Å². The van der Waals surface area contributed by atoms with Gasteiger partial charge in [-0.25, -0.2) is 4.98 Å². The van der Waals surface area contributed by atoms with E-state index in [1.807, 2.05) is 25.1 Å². The summed E-state index contributed by atoms with van der Waals surface area (Å²) in [5, 5.41) is 0. The van der Waals surface area contributed by atoms with Crippen LogP contribution in [0.4, 0.5) is 0 Å². The van der Waals surface area contributed by atoms with Gasteiger partial charge in [-0.05, 0) is 18.6 Å². The first-order valence-corrected chi connectivity index (χ1v) is 4.28. The zero-order valence-corrected chi connectivity index (χ0v) is 7.40. The van der Waals surface area contributed by atoms with Crippen LogP contribution in [0.3, 0.4) is 0 Å². The fourth-order valence-electron chi connectivity index (χ4n) is 1.31. The first-order chi connectivity index (χ1) is 6.33. The number of hydrogen-bond donors (Lipinski definition) is 0. The zero-order valence-electron chi connectivity index (χ0n) is 7.40. The van der Waals surface area contributed by atoms with E-state index in [0.29, 0.717) is 5.65 Å². The number of hydrogen-bond acceptors (Lipinski definition) is 2. The van der Waals surface area contributed by atoms with E-state index in [9.17, 15) is 4.79 Å². The highest BCUT2D eigenvalue weighted by Gasteiger charge is 2.00. The lowest BCUT2D eigenvalue weighted by Crippen LogP contribution is -2.18. The number of pyridine rings is 1. The quantitative estimate of drug-likeness (QED) is 0.652. The van der Waals surface area contributed by atoms with Crippen LogP contribution in [0.25, 0.3) is 5.65 Å². The molecule has 0 aliphatic rings. The van der Waals surface area contributed by atoms with Crippen molar-refractivity contribution in [1.29, 1.82) is 0 Å². The number of nitrogens with zero attached hydrogens (tertiary/aromatic N) is 2. The highest BCUT2D eigenvalue weighted by Crippen LogP contribution is 1.97. The van der Waals surface area contributed by atoms with Crippen LogP contribution in [-0.2, 0) is 6.42 Å². The molecule has 3 nitrogen and oxygen atoms in total. The summed E-state index contributed by atoms with van der Waals surface area (Å²) in [6.07, 6.45) is 4.12. The van der Waals surface area contributed by atoms with Gasteiger partial charge >= 0.3 is 0 Å². The van der Waals surface area contributed by atoms with Crippen LogP contribution in [-0.4, -0.2) is 9.38 Å². The third-order valence-corrected chi connectivity index (χ3v) is 2.07. The molecule has 0 aliphatic heterocycles. The molecular weight excluding hydrogens is 164 g/mol. The molecule has 0 aromatic carbocycles. The topological polar surface area (TPSA) is 34.4 Å². The fraction of sp³-hybridized carbons (Fsp3) is 0.200. The molecule has 3 heteroatoms. The van der Waals surface area contributed by atoms with Gasteiger partial charge in [0.25, 0.3) is 5.56 Å². The summed E-state index contributed by atoms with van der Waals surface area (Å²) in [6, 6.07) is 5.52. The van der Waals surface area contributed by atoms with Crippen molar-refractivity contribution in [3.8, 4) is 0 Å². The lowest BCUT2D eigenvalue weighted by Gasteiger charge is -2.00. The summed E-state index contributed by atoms with van der Waals surface area (Å²) in [4.78, 5) is 15.9. The minimum Gasteiger partial charge on any atom is -0.269 e. The summed E-state index contributed by atoms with van der Waals surface area (Å²) < 4.78 is 1.57. The molecule has 0 N–H and O–H groups in total. The standard InChI is InChI=1S/C10H10N2O/c1-2-8-7-11-9-5-3-4-6-12(9)10(8)13/h3-7H,2H2,1H3. The van der Waals surface area contributed by atoms with Gasteiger partial charge in [0.05, 0.1) is 0 Å². The maximum atomic E-state index is 11.7. The highest BCUT2D eigenvalue weighted by atomic mass is 16.1. The number of aromatic nitrogens is 2. The minimum absolute atomic E-state index is 0.0353. The number of fused-ring (bicyclic) bond motifs is 1. The van der Waals surface area contributed by atoms with Gasteiger partial charge in [0.1, 0.15) is 5.65 Å². The molecule has 0 saturated carbocycles. The van der Waals surface area contributed by atoms with Crippen LogP contribution < -0.4 is 5.56 Å². The zero-order chi connectivity index (χ0) is 9.26. The van der Waals surface area contributed by atoms with E-state index in [-0.39, 0.29) is 5.56 Å². The van der Waals surface area contributed by atoms with E-state index < -0.39 is 0 Å². The smallest absolute Gasteiger partial charge is 0.260 e. The number of rotatable bonds is 1. The summed E-state index contributed by atoms with van der Waals surface area (Å²) >= 11 is 0. The van der Waals surface area contributed by atoms with Crippen molar-refractivity contribution in [3.63, 3.8) is 0 Å². The van der Waals surface area contributed by atoms with Gasteiger partial charge < -0.3 is 0 Å². The minimum atomic E-state index is 0.0353. The van der Waals surface area contributed by atoms with Crippen molar-refractivity contribution in [2.75, 3.05) is 0 Å². The Bertz CT molecular complexity index is 487. The SMILES string of the molecule is CCc1cnc2ccccn2c1=O. The van der Waals surface area contributed by atoms with Gasteiger partial charge in [0.15, 0.2) is 0 Å². The molecule has 0 bridgehead atoms. The second-order valence-corrected chi connectivity index (χ2v) is 2.87. The van der Waals surface area contributed by atoms with Crippen molar-refractivity contribution in [2.45, 2.75) is 13.3 Å². The third-order valence-electron chi connectivity index (χ3n) is 2.07. The van der Waals surface area contributed by atoms with Gasteiger partial charge in [-0.2, -0.15) is 0 Å². The molecular formula is C10H10N2O. The van der Waals surface area contributed by atoms with Crippen molar-refractivity contribution < 1.29 is 0 Å². The molecule has 2 heterocycles. The average Bonchev–Trinajstić information content (AvgIpc) is 2.19. The summed E-state index contributed by atoms with van der Waals surface area (Å²) in [7, 11) is 0. The molecule has 66 valence electrons. The second-order valence-electron chi connectivity index (χ2n) is 2.87. The molecule has 0 spiro atoms. The Balaban J connectivity index is 2.87. The predicted molar refractivity (Wildman–Crippen MR) is 50.8 cm³/mol. The summed E-state index contributed by atoms with van der Waals surface area (Å²) in [6.45, 7) is 1.95. The van der Waals surface area contributed by atoms with Gasteiger partial charge in [0.2, 0.25) is 0 Å². The molecule has 0 amide bonds. The molecule has 0 aliphatic carbocycles. The van der Waals surface area contributed by atoms with Crippen molar-refractivity contribution in [2.24, 2.45) is 0 Å². The second kappa shape index (κ2) is 3.01. The lowest BCUT2D eigenvalue weighted by molar-refractivity contribution is 0.967. The van der Waals surface area contributed by atoms with Crippen LogP contribution in [0.15, 0.2) is 35.4 Å². The van der Waals surface area contributed by atoms with Crippen LogP contribution in [0.5, 0.6) is 0 Å². The Labute approximate surface area is 75.7 Å². The molecule has 0 atom stereocenters. The van der Waals surface area contributed by atoms with Crippen LogP contribution in [0, 0.1) is 0 Å². The lowest BCUT2D eigenvalue weighted by atomic mass is 10.2. The molecule has 2 rings (SSSR count). The van der Waals surface area contributed by atoms with Crippen LogP contribution in [0.1, 0.15) is 12.5 Å². The molecule has 0 fully saturated rings. The largest absolute Gasteiger partial charge is 0.269 e. The van der Waals surface area contributed by atoms with E-state index in [0.717, 1.165) is 12.0 Å². The number of aryl methyl sites for hydroxylation is 1. The molecule has 0 saturated heterocycles. The van der Waals surface area contributed by atoms with Gasteiger partial charge in [-0.15, -0.1) is 0 Å². The van der Waals surface area contributed by atoms with E-state index in [4.69, 9.17) is 0 Å². The van der Waals surface area contributed by atoms with Gasteiger partial charge in [-0.3, -0.25) is 9.20 Å². The van der Waals surface area contributed by atoms with Crippen LogP contribution in [0.2, 0.25) is 0 Å². The molecule has 0 radical (unpaired) electrons. The molecule has 0 unspecified atom stereocenters. The molecule has 13 heavy (non-hydrogen) atoms.